The fourth-order valence-electron chi connectivity index (χ4n) is 3.20. The molecule has 0 amide bonds. The molecule has 1 N–H and O–H groups in total. The van der Waals surface area contributed by atoms with Crippen molar-refractivity contribution in [3.8, 4) is 0 Å². The second-order valence-corrected chi connectivity index (χ2v) is 5.10. The van der Waals surface area contributed by atoms with Crippen LogP contribution in [-0.4, -0.2) is 58.6 Å². The first-order chi connectivity index (χ1) is 7.63. The number of piperazine rings is 1. The minimum atomic E-state index is -0.666. The molecular formula is C12H22N2O2. The Morgan fingerprint density at radius 1 is 1.50 bits per heavy atom. The predicted octanol–water partition coefficient (Wildman–Crippen LogP) is 1.02. The number of aliphatic carboxylic acids is 1. The maximum Gasteiger partial charge on any atom is 0.320 e. The van der Waals surface area contributed by atoms with Crippen LogP contribution in [0.5, 0.6) is 0 Å². The molecule has 0 aromatic heterocycles. The van der Waals surface area contributed by atoms with Crippen molar-refractivity contribution in [2.24, 2.45) is 0 Å². The first-order valence-electron chi connectivity index (χ1n) is 6.36. The third kappa shape index (κ3) is 2.09. The molecule has 3 atom stereocenters. The van der Waals surface area contributed by atoms with Gasteiger partial charge in [-0.2, -0.15) is 0 Å². The fraction of sp³-hybridized carbons (Fsp3) is 0.917. The van der Waals surface area contributed by atoms with Crippen molar-refractivity contribution >= 4 is 5.97 Å². The average Bonchev–Trinajstić information content (AvgIpc) is 2.65. The van der Waals surface area contributed by atoms with Crippen molar-refractivity contribution in [2.75, 3.05) is 19.6 Å². The summed E-state index contributed by atoms with van der Waals surface area (Å²) in [7, 11) is 0. The third-order valence-corrected chi connectivity index (χ3v) is 4.06. The maximum absolute atomic E-state index is 11.2. The summed E-state index contributed by atoms with van der Waals surface area (Å²) in [5.41, 5.74) is 0. The van der Waals surface area contributed by atoms with E-state index in [0.29, 0.717) is 18.5 Å². The van der Waals surface area contributed by atoms with E-state index in [1.807, 2.05) is 6.92 Å². The molecule has 2 aliphatic rings. The molecule has 2 rings (SSSR count). The molecule has 2 fully saturated rings. The van der Waals surface area contributed by atoms with Gasteiger partial charge in [-0.15, -0.1) is 0 Å². The van der Waals surface area contributed by atoms with E-state index in [1.165, 1.54) is 19.4 Å². The molecule has 0 aliphatic carbocycles. The Morgan fingerprint density at radius 3 is 2.88 bits per heavy atom. The van der Waals surface area contributed by atoms with Crippen LogP contribution in [0.2, 0.25) is 0 Å². The second-order valence-electron chi connectivity index (χ2n) is 5.10. The number of fused-ring (bicyclic) bond motifs is 1. The molecule has 0 radical (unpaired) electrons. The van der Waals surface area contributed by atoms with Gasteiger partial charge in [0.1, 0.15) is 6.04 Å². The Labute approximate surface area is 97.2 Å². The van der Waals surface area contributed by atoms with E-state index in [-0.39, 0.29) is 6.04 Å². The maximum atomic E-state index is 11.2. The van der Waals surface area contributed by atoms with Gasteiger partial charge in [-0.1, -0.05) is 6.92 Å². The average molecular weight is 226 g/mol. The third-order valence-electron chi connectivity index (χ3n) is 4.06. The highest BCUT2D eigenvalue weighted by Crippen LogP contribution is 2.26. The number of carboxylic acid groups (broad SMARTS) is 1. The smallest absolute Gasteiger partial charge is 0.320 e. The number of carbonyl (C=O) groups is 1. The summed E-state index contributed by atoms with van der Waals surface area (Å²) < 4.78 is 0. The Morgan fingerprint density at radius 2 is 2.25 bits per heavy atom. The molecule has 0 aromatic rings. The Hall–Kier alpha value is -0.610. The van der Waals surface area contributed by atoms with Crippen molar-refractivity contribution < 1.29 is 9.90 Å². The molecule has 16 heavy (non-hydrogen) atoms. The number of hydrogen-bond donors (Lipinski definition) is 1. The van der Waals surface area contributed by atoms with E-state index in [4.69, 9.17) is 0 Å². The van der Waals surface area contributed by atoms with E-state index in [1.54, 1.807) is 0 Å². The lowest BCUT2D eigenvalue weighted by atomic mass is 10.0. The van der Waals surface area contributed by atoms with Crippen LogP contribution in [-0.2, 0) is 4.79 Å². The predicted molar refractivity (Wildman–Crippen MR) is 62.5 cm³/mol. The first kappa shape index (κ1) is 11.9. The van der Waals surface area contributed by atoms with Crippen LogP contribution in [0.1, 0.15) is 33.1 Å². The Kier molecular flexibility index (Phi) is 3.50. The largest absolute Gasteiger partial charge is 0.480 e. The van der Waals surface area contributed by atoms with Crippen LogP contribution in [0.25, 0.3) is 0 Å². The van der Waals surface area contributed by atoms with Gasteiger partial charge in [0, 0.05) is 25.2 Å². The van der Waals surface area contributed by atoms with Crippen LogP contribution in [0.4, 0.5) is 0 Å². The Balaban J connectivity index is 2.06. The molecule has 2 heterocycles. The second kappa shape index (κ2) is 4.72. The highest BCUT2D eigenvalue weighted by molar-refractivity contribution is 5.73. The first-order valence-corrected chi connectivity index (χ1v) is 6.36. The molecule has 0 bridgehead atoms. The lowest BCUT2D eigenvalue weighted by molar-refractivity contribution is -0.146. The van der Waals surface area contributed by atoms with Crippen LogP contribution in [0, 0.1) is 0 Å². The van der Waals surface area contributed by atoms with Gasteiger partial charge >= 0.3 is 5.97 Å². The topological polar surface area (TPSA) is 43.8 Å². The van der Waals surface area contributed by atoms with Crippen LogP contribution >= 0.6 is 0 Å². The number of hydrogen-bond acceptors (Lipinski definition) is 3. The molecule has 4 nitrogen and oxygen atoms in total. The minimum Gasteiger partial charge on any atom is -0.480 e. The zero-order valence-corrected chi connectivity index (χ0v) is 10.2. The van der Waals surface area contributed by atoms with E-state index < -0.39 is 5.97 Å². The molecule has 0 spiro atoms. The van der Waals surface area contributed by atoms with Gasteiger partial charge in [-0.05, 0) is 32.7 Å². The van der Waals surface area contributed by atoms with Crippen LogP contribution in [0.3, 0.4) is 0 Å². The summed E-state index contributed by atoms with van der Waals surface area (Å²) in [4.78, 5) is 15.9. The summed E-state index contributed by atoms with van der Waals surface area (Å²) in [6, 6.07) is 0.678. The van der Waals surface area contributed by atoms with Crippen molar-refractivity contribution in [3.05, 3.63) is 0 Å². The number of nitrogens with zero attached hydrogens (tertiary/aromatic N) is 2. The molecule has 2 saturated heterocycles. The van der Waals surface area contributed by atoms with Gasteiger partial charge in [0.2, 0.25) is 0 Å². The SMILES string of the molecule is CCC(C(=O)O)N1CC2CCCN2CC1C. The summed E-state index contributed by atoms with van der Waals surface area (Å²) in [5.74, 6) is -0.666. The van der Waals surface area contributed by atoms with Gasteiger partial charge in [0.05, 0.1) is 0 Å². The normalized spacial score (nSPS) is 33.6. The van der Waals surface area contributed by atoms with Crippen molar-refractivity contribution in [2.45, 2.75) is 51.2 Å². The highest BCUT2D eigenvalue weighted by Gasteiger charge is 2.38. The summed E-state index contributed by atoms with van der Waals surface area (Å²) >= 11 is 0. The molecule has 0 saturated carbocycles. The standard InChI is InChI=1S/C12H22N2O2/c1-3-11(12(15)16)14-8-10-5-4-6-13(10)7-9(14)2/h9-11H,3-8H2,1-2H3,(H,15,16). The van der Waals surface area contributed by atoms with Crippen molar-refractivity contribution in [3.63, 3.8) is 0 Å². The lowest BCUT2D eigenvalue weighted by Crippen LogP contribution is -2.59. The fourth-order valence-corrected chi connectivity index (χ4v) is 3.20. The van der Waals surface area contributed by atoms with E-state index in [0.717, 1.165) is 13.1 Å². The lowest BCUT2D eigenvalue weighted by Gasteiger charge is -2.44. The van der Waals surface area contributed by atoms with Gasteiger partial charge < -0.3 is 5.11 Å². The number of carboxylic acids is 1. The summed E-state index contributed by atoms with van der Waals surface area (Å²) in [6.07, 6.45) is 3.21. The highest BCUT2D eigenvalue weighted by atomic mass is 16.4. The Bertz CT molecular complexity index is 270. The zero-order chi connectivity index (χ0) is 11.7. The van der Waals surface area contributed by atoms with Gasteiger partial charge in [0.25, 0.3) is 0 Å². The van der Waals surface area contributed by atoms with Crippen molar-refractivity contribution in [1.82, 2.24) is 9.80 Å². The van der Waals surface area contributed by atoms with Crippen LogP contribution < -0.4 is 0 Å². The molecule has 92 valence electrons. The van der Waals surface area contributed by atoms with Gasteiger partial charge in [-0.3, -0.25) is 14.6 Å². The molecule has 2 aliphatic heterocycles. The minimum absolute atomic E-state index is 0.294. The molecular weight excluding hydrogens is 204 g/mol. The number of rotatable bonds is 3. The monoisotopic (exact) mass is 226 g/mol. The van der Waals surface area contributed by atoms with E-state index in [2.05, 4.69) is 16.7 Å². The summed E-state index contributed by atoms with van der Waals surface area (Å²) in [6.45, 7) is 7.29. The van der Waals surface area contributed by atoms with Crippen molar-refractivity contribution in [1.29, 1.82) is 0 Å². The molecule has 3 unspecified atom stereocenters. The molecule has 4 heteroatoms. The van der Waals surface area contributed by atoms with Crippen LogP contribution in [0.15, 0.2) is 0 Å². The van der Waals surface area contributed by atoms with E-state index >= 15 is 0 Å². The quantitative estimate of drug-likeness (QED) is 0.780. The zero-order valence-electron chi connectivity index (χ0n) is 10.2. The van der Waals surface area contributed by atoms with E-state index in [9.17, 15) is 9.90 Å². The van der Waals surface area contributed by atoms with Gasteiger partial charge in [-0.25, -0.2) is 0 Å². The van der Waals surface area contributed by atoms with Gasteiger partial charge in [0.15, 0.2) is 0 Å². The molecule has 0 aromatic carbocycles. The summed E-state index contributed by atoms with van der Waals surface area (Å²) in [5, 5.41) is 9.23.